The Morgan fingerprint density at radius 3 is 2.29 bits per heavy atom. The number of amides is 1. The highest BCUT2D eigenvalue weighted by atomic mass is 32.1. The molecule has 1 saturated heterocycles. The monoisotopic (exact) mass is 250 g/mol. The van der Waals surface area contributed by atoms with E-state index in [1.807, 2.05) is 29.2 Å². The summed E-state index contributed by atoms with van der Waals surface area (Å²) in [5.74, 6) is 0.133. The largest absolute Gasteiger partial charge is 0.336 e. The molecule has 1 heterocycles. The van der Waals surface area contributed by atoms with E-state index in [0.29, 0.717) is 0 Å². The molecule has 1 aliphatic heterocycles. The number of thiol groups is 1. The van der Waals surface area contributed by atoms with Gasteiger partial charge in [0.2, 0.25) is 0 Å². The predicted octanol–water partition coefficient (Wildman–Crippen LogP) is 1.75. The van der Waals surface area contributed by atoms with Crippen molar-refractivity contribution in [3.63, 3.8) is 0 Å². The maximum Gasteiger partial charge on any atom is 0.253 e. The van der Waals surface area contributed by atoms with Gasteiger partial charge >= 0.3 is 0 Å². The molecule has 0 saturated carbocycles. The van der Waals surface area contributed by atoms with Crippen molar-refractivity contribution in [2.75, 3.05) is 32.7 Å². The quantitative estimate of drug-likeness (QED) is 0.808. The molecular weight excluding hydrogens is 232 g/mol. The Morgan fingerprint density at radius 1 is 1.18 bits per heavy atom. The molecule has 1 amide bonds. The molecule has 3 nitrogen and oxygen atoms in total. The molecule has 2 rings (SSSR count). The number of carbonyl (C=O) groups is 1. The Balaban J connectivity index is 1.99. The minimum absolute atomic E-state index is 0.133. The molecule has 1 fully saturated rings. The van der Waals surface area contributed by atoms with Crippen LogP contribution >= 0.6 is 12.6 Å². The van der Waals surface area contributed by atoms with Gasteiger partial charge in [-0.2, -0.15) is 0 Å². The van der Waals surface area contributed by atoms with Crippen molar-refractivity contribution in [1.29, 1.82) is 0 Å². The first-order chi connectivity index (χ1) is 8.20. The van der Waals surface area contributed by atoms with E-state index in [1.165, 1.54) is 0 Å². The molecule has 0 radical (unpaired) electrons. The van der Waals surface area contributed by atoms with Crippen LogP contribution in [-0.4, -0.2) is 48.4 Å². The SMILES string of the molecule is CCN1CCN(C(=O)c2ccc(S)cc2)CC1. The zero-order chi connectivity index (χ0) is 12.3. The summed E-state index contributed by atoms with van der Waals surface area (Å²) in [6.45, 7) is 6.84. The Bertz CT molecular complexity index is 383. The number of likely N-dealkylation sites (N-methyl/N-ethyl adjacent to an activating group) is 1. The molecule has 0 aromatic heterocycles. The van der Waals surface area contributed by atoms with Crippen molar-refractivity contribution in [2.24, 2.45) is 0 Å². The van der Waals surface area contributed by atoms with E-state index < -0.39 is 0 Å². The van der Waals surface area contributed by atoms with Gasteiger partial charge in [-0.3, -0.25) is 4.79 Å². The van der Waals surface area contributed by atoms with Gasteiger partial charge in [-0.1, -0.05) is 6.92 Å². The average Bonchev–Trinajstić information content (AvgIpc) is 2.39. The number of carbonyl (C=O) groups excluding carboxylic acids is 1. The van der Waals surface area contributed by atoms with Crippen LogP contribution in [0, 0.1) is 0 Å². The Morgan fingerprint density at radius 2 is 1.76 bits per heavy atom. The van der Waals surface area contributed by atoms with E-state index in [9.17, 15) is 4.79 Å². The van der Waals surface area contributed by atoms with E-state index >= 15 is 0 Å². The topological polar surface area (TPSA) is 23.6 Å². The zero-order valence-electron chi connectivity index (χ0n) is 10.1. The average molecular weight is 250 g/mol. The van der Waals surface area contributed by atoms with Crippen LogP contribution in [0.3, 0.4) is 0 Å². The van der Waals surface area contributed by atoms with E-state index in [4.69, 9.17) is 0 Å². The molecule has 0 N–H and O–H groups in total. The summed E-state index contributed by atoms with van der Waals surface area (Å²) in [6.07, 6.45) is 0. The molecule has 0 unspecified atom stereocenters. The van der Waals surface area contributed by atoms with Gasteiger partial charge in [0.15, 0.2) is 0 Å². The van der Waals surface area contributed by atoms with Crippen molar-refractivity contribution >= 4 is 18.5 Å². The highest BCUT2D eigenvalue weighted by Gasteiger charge is 2.20. The van der Waals surface area contributed by atoms with Crippen molar-refractivity contribution in [1.82, 2.24) is 9.80 Å². The van der Waals surface area contributed by atoms with Crippen LogP contribution in [-0.2, 0) is 0 Å². The maximum absolute atomic E-state index is 12.2. The number of hydrogen-bond donors (Lipinski definition) is 1. The number of piperazine rings is 1. The van der Waals surface area contributed by atoms with Gasteiger partial charge in [-0.05, 0) is 30.8 Å². The number of rotatable bonds is 2. The van der Waals surface area contributed by atoms with Gasteiger partial charge in [0, 0.05) is 36.6 Å². The molecule has 92 valence electrons. The lowest BCUT2D eigenvalue weighted by atomic mass is 10.2. The third kappa shape index (κ3) is 3.01. The maximum atomic E-state index is 12.2. The number of hydrogen-bond acceptors (Lipinski definition) is 3. The Hall–Kier alpha value is -1.00. The first-order valence-electron chi connectivity index (χ1n) is 6.01. The smallest absolute Gasteiger partial charge is 0.253 e. The van der Waals surface area contributed by atoms with E-state index in [0.717, 1.165) is 43.2 Å². The van der Waals surface area contributed by atoms with Gasteiger partial charge in [-0.15, -0.1) is 12.6 Å². The fraction of sp³-hybridized carbons (Fsp3) is 0.462. The minimum atomic E-state index is 0.133. The summed E-state index contributed by atoms with van der Waals surface area (Å²) in [4.78, 5) is 17.4. The number of benzene rings is 1. The molecular formula is C13H18N2OS. The molecule has 0 spiro atoms. The van der Waals surface area contributed by atoms with Gasteiger partial charge in [0.05, 0.1) is 0 Å². The highest BCUT2D eigenvalue weighted by Crippen LogP contribution is 2.11. The lowest BCUT2D eigenvalue weighted by molar-refractivity contribution is 0.0643. The summed E-state index contributed by atoms with van der Waals surface area (Å²) in [7, 11) is 0. The molecule has 0 aliphatic carbocycles. The molecule has 0 bridgehead atoms. The standard InChI is InChI=1S/C13H18N2OS/c1-2-14-7-9-15(10-8-14)13(16)11-3-5-12(17)6-4-11/h3-6,17H,2,7-10H2,1H3. The zero-order valence-corrected chi connectivity index (χ0v) is 11.0. The van der Waals surface area contributed by atoms with E-state index in [1.54, 1.807) is 0 Å². The van der Waals surface area contributed by atoms with Gasteiger partial charge in [-0.25, -0.2) is 0 Å². The fourth-order valence-electron chi connectivity index (χ4n) is 2.05. The first-order valence-corrected chi connectivity index (χ1v) is 6.46. The molecule has 1 aromatic carbocycles. The van der Waals surface area contributed by atoms with Crippen LogP contribution < -0.4 is 0 Å². The summed E-state index contributed by atoms with van der Waals surface area (Å²) < 4.78 is 0. The van der Waals surface area contributed by atoms with Crippen LogP contribution in [0.25, 0.3) is 0 Å². The minimum Gasteiger partial charge on any atom is -0.336 e. The van der Waals surface area contributed by atoms with Crippen molar-refractivity contribution in [3.8, 4) is 0 Å². The Kier molecular flexibility index (Phi) is 4.07. The van der Waals surface area contributed by atoms with Crippen molar-refractivity contribution < 1.29 is 4.79 Å². The van der Waals surface area contributed by atoms with Gasteiger partial charge in [0.1, 0.15) is 0 Å². The third-order valence-corrected chi connectivity index (χ3v) is 3.52. The lowest BCUT2D eigenvalue weighted by Crippen LogP contribution is -2.48. The second-order valence-electron chi connectivity index (χ2n) is 4.27. The van der Waals surface area contributed by atoms with Crippen LogP contribution in [0.1, 0.15) is 17.3 Å². The van der Waals surface area contributed by atoms with Gasteiger partial charge < -0.3 is 9.80 Å². The highest BCUT2D eigenvalue weighted by molar-refractivity contribution is 7.80. The molecule has 1 aliphatic rings. The summed E-state index contributed by atoms with van der Waals surface area (Å²) in [6, 6.07) is 7.41. The second-order valence-corrected chi connectivity index (χ2v) is 4.79. The lowest BCUT2D eigenvalue weighted by Gasteiger charge is -2.34. The summed E-state index contributed by atoms with van der Waals surface area (Å²) in [5.41, 5.74) is 0.757. The van der Waals surface area contributed by atoms with Crippen LogP contribution in [0.5, 0.6) is 0 Å². The molecule has 0 atom stereocenters. The second kappa shape index (κ2) is 5.56. The van der Waals surface area contributed by atoms with Crippen LogP contribution in [0.4, 0.5) is 0 Å². The normalized spacial score (nSPS) is 17.2. The molecule has 17 heavy (non-hydrogen) atoms. The summed E-state index contributed by atoms with van der Waals surface area (Å²) >= 11 is 4.22. The van der Waals surface area contributed by atoms with Crippen LogP contribution in [0.2, 0.25) is 0 Å². The first kappa shape index (κ1) is 12.5. The van der Waals surface area contributed by atoms with E-state index in [2.05, 4.69) is 24.5 Å². The number of nitrogens with zero attached hydrogens (tertiary/aromatic N) is 2. The molecule has 1 aromatic rings. The predicted molar refractivity (Wildman–Crippen MR) is 71.7 cm³/mol. The fourth-order valence-corrected chi connectivity index (χ4v) is 2.20. The summed E-state index contributed by atoms with van der Waals surface area (Å²) in [5, 5.41) is 0. The van der Waals surface area contributed by atoms with Crippen LogP contribution in [0.15, 0.2) is 29.2 Å². The van der Waals surface area contributed by atoms with Gasteiger partial charge in [0.25, 0.3) is 5.91 Å². The Labute approximate surface area is 108 Å². The van der Waals surface area contributed by atoms with Crippen molar-refractivity contribution in [3.05, 3.63) is 29.8 Å². The van der Waals surface area contributed by atoms with Crippen molar-refractivity contribution in [2.45, 2.75) is 11.8 Å². The molecule has 4 heteroatoms. The third-order valence-electron chi connectivity index (χ3n) is 3.22. The van der Waals surface area contributed by atoms with E-state index in [-0.39, 0.29) is 5.91 Å².